The van der Waals surface area contributed by atoms with Crippen LogP contribution in [0.1, 0.15) is 41.8 Å². The highest BCUT2D eigenvalue weighted by Gasteiger charge is 2.21. The van der Waals surface area contributed by atoms with Gasteiger partial charge in [-0.3, -0.25) is 9.69 Å². The number of piperazine rings is 1. The van der Waals surface area contributed by atoms with E-state index >= 15 is 0 Å². The Morgan fingerprint density at radius 3 is 2.59 bits per heavy atom. The molecule has 2 N–H and O–H groups in total. The predicted octanol–water partition coefficient (Wildman–Crippen LogP) is 1.64. The molecular formula is C24H33N7O3. The fourth-order valence-electron chi connectivity index (χ4n) is 3.82. The molecule has 1 saturated heterocycles. The smallest absolute Gasteiger partial charge is 0.338 e. The molecule has 0 bridgehead atoms. The van der Waals surface area contributed by atoms with Crippen molar-refractivity contribution < 1.29 is 14.3 Å². The van der Waals surface area contributed by atoms with Crippen molar-refractivity contribution in [2.24, 2.45) is 5.73 Å². The molecule has 1 aliphatic rings. The van der Waals surface area contributed by atoms with Crippen LogP contribution in [-0.2, 0) is 16.0 Å². The lowest BCUT2D eigenvalue weighted by molar-refractivity contribution is -0.132. The van der Waals surface area contributed by atoms with Crippen LogP contribution >= 0.6 is 0 Å². The van der Waals surface area contributed by atoms with E-state index in [1.165, 1.54) is 16.6 Å². The molecule has 0 atom stereocenters. The van der Waals surface area contributed by atoms with Crippen LogP contribution in [0.4, 0.5) is 0 Å². The first-order chi connectivity index (χ1) is 16.4. The number of hydrogen-bond donors (Lipinski definition) is 1. The summed E-state index contributed by atoms with van der Waals surface area (Å²) >= 11 is 0. The largest absolute Gasteiger partial charge is 0.462 e. The van der Waals surface area contributed by atoms with E-state index in [1.807, 2.05) is 37.0 Å². The van der Waals surface area contributed by atoms with Crippen molar-refractivity contribution in [1.82, 2.24) is 30.0 Å². The molecule has 2 heterocycles. The van der Waals surface area contributed by atoms with E-state index in [-0.39, 0.29) is 11.9 Å². The number of benzene rings is 1. The second-order valence-corrected chi connectivity index (χ2v) is 8.38. The van der Waals surface area contributed by atoms with Crippen molar-refractivity contribution in [3.63, 3.8) is 0 Å². The zero-order valence-electron chi connectivity index (χ0n) is 20.1. The van der Waals surface area contributed by atoms with Gasteiger partial charge in [0.25, 0.3) is 0 Å². The van der Waals surface area contributed by atoms with Crippen molar-refractivity contribution in [2.45, 2.75) is 33.6 Å². The lowest BCUT2D eigenvalue weighted by Gasteiger charge is -2.35. The number of amides is 1. The van der Waals surface area contributed by atoms with Crippen LogP contribution in [0, 0.1) is 6.92 Å². The van der Waals surface area contributed by atoms with Gasteiger partial charge in [-0.25, -0.2) is 4.79 Å². The highest BCUT2D eigenvalue weighted by molar-refractivity contribution is 5.91. The Kier molecular flexibility index (Phi) is 8.92. The molecule has 0 unspecified atom stereocenters. The number of tetrazole rings is 1. The molecule has 1 aliphatic heterocycles. The first-order valence-corrected chi connectivity index (χ1v) is 11.5. The topological polar surface area (TPSA) is 119 Å². The number of allylic oxidation sites excluding steroid dienone is 2. The zero-order chi connectivity index (χ0) is 24.5. The molecule has 10 heteroatoms. The lowest BCUT2D eigenvalue weighted by atomic mass is 10.0. The standard InChI is InChI=1S/C24H33N7O3/c1-4-34-24(33)21-7-6-20(16-19(21)3)9-10-29-11-13-30(14-12-29)23(32)15-18(2)5-8-22(25)31-17-26-27-28-31/h5-8,16-17H,4,9-15,25H2,1-3H3/b18-5+,22-8+. The van der Waals surface area contributed by atoms with Gasteiger partial charge in [0.15, 0.2) is 0 Å². The Morgan fingerprint density at radius 2 is 1.94 bits per heavy atom. The summed E-state index contributed by atoms with van der Waals surface area (Å²) in [7, 11) is 0. The maximum Gasteiger partial charge on any atom is 0.338 e. The molecule has 182 valence electrons. The average Bonchev–Trinajstić information content (AvgIpc) is 3.37. The second kappa shape index (κ2) is 12.1. The minimum Gasteiger partial charge on any atom is -0.462 e. The Morgan fingerprint density at radius 1 is 1.18 bits per heavy atom. The van der Waals surface area contributed by atoms with Gasteiger partial charge in [-0.1, -0.05) is 23.8 Å². The third kappa shape index (κ3) is 6.98. The van der Waals surface area contributed by atoms with Crippen LogP contribution in [0.15, 0.2) is 42.3 Å². The number of aromatic nitrogens is 4. The van der Waals surface area contributed by atoms with Gasteiger partial charge < -0.3 is 15.4 Å². The van der Waals surface area contributed by atoms with E-state index in [4.69, 9.17) is 10.5 Å². The number of carbonyl (C=O) groups excluding carboxylic acids is 2. The third-order valence-electron chi connectivity index (χ3n) is 5.81. The summed E-state index contributed by atoms with van der Waals surface area (Å²) in [6, 6.07) is 5.90. The van der Waals surface area contributed by atoms with Gasteiger partial charge in [0.05, 0.1) is 12.2 Å². The number of nitrogens with two attached hydrogens (primary N) is 1. The summed E-state index contributed by atoms with van der Waals surface area (Å²) in [5.74, 6) is 0.230. The highest BCUT2D eigenvalue weighted by Crippen LogP contribution is 2.15. The Labute approximate surface area is 200 Å². The number of carbonyl (C=O) groups is 2. The van der Waals surface area contributed by atoms with Gasteiger partial charge in [-0.2, -0.15) is 4.68 Å². The maximum absolute atomic E-state index is 12.7. The normalized spacial score (nSPS) is 15.4. The fourth-order valence-corrected chi connectivity index (χ4v) is 3.82. The number of aryl methyl sites for hydroxylation is 1. The second-order valence-electron chi connectivity index (χ2n) is 8.38. The fraction of sp³-hybridized carbons (Fsp3) is 0.458. The maximum atomic E-state index is 12.7. The van der Waals surface area contributed by atoms with E-state index in [0.29, 0.717) is 24.4 Å². The molecule has 0 spiro atoms. The summed E-state index contributed by atoms with van der Waals surface area (Å²) in [6.45, 7) is 10.1. The highest BCUT2D eigenvalue weighted by atomic mass is 16.5. The minimum absolute atomic E-state index is 0.118. The van der Waals surface area contributed by atoms with Crippen molar-refractivity contribution >= 4 is 17.7 Å². The van der Waals surface area contributed by atoms with Gasteiger partial charge >= 0.3 is 5.97 Å². The monoisotopic (exact) mass is 467 g/mol. The van der Waals surface area contributed by atoms with E-state index in [1.54, 1.807) is 13.0 Å². The van der Waals surface area contributed by atoms with Crippen LogP contribution in [-0.4, -0.2) is 81.2 Å². The molecule has 1 amide bonds. The van der Waals surface area contributed by atoms with Crippen LogP contribution in [0.25, 0.3) is 5.82 Å². The number of ether oxygens (including phenoxy) is 1. The minimum atomic E-state index is -0.274. The first kappa shape index (κ1) is 25.1. The van der Waals surface area contributed by atoms with Crippen molar-refractivity contribution in [2.75, 3.05) is 39.3 Å². The summed E-state index contributed by atoms with van der Waals surface area (Å²) in [4.78, 5) is 28.9. The molecule has 1 fully saturated rings. The van der Waals surface area contributed by atoms with Crippen LogP contribution < -0.4 is 5.73 Å². The number of rotatable bonds is 9. The van der Waals surface area contributed by atoms with Crippen molar-refractivity contribution in [1.29, 1.82) is 0 Å². The Hall–Kier alpha value is -3.53. The number of esters is 1. The van der Waals surface area contributed by atoms with Gasteiger partial charge in [0.1, 0.15) is 12.1 Å². The van der Waals surface area contributed by atoms with Crippen LogP contribution in [0.2, 0.25) is 0 Å². The van der Waals surface area contributed by atoms with Gasteiger partial charge in [-0.15, -0.1) is 5.10 Å². The molecule has 1 aromatic carbocycles. The summed E-state index contributed by atoms with van der Waals surface area (Å²) in [5.41, 5.74) is 9.57. The summed E-state index contributed by atoms with van der Waals surface area (Å²) in [5, 5.41) is 10.8. The third-order valence-corrected chi connectivity index (χ3v) is 5.81. The SMILES string of the molecule is CCOC(=O)c1ccc(CCN2CCN(C(=O)C/C(C)=C/C=C(\N)n3cnnn3)CC2)cc1C. The molecule has 0 aliphatic carbocycles. The summed E-state index contributed by atoms with van der Waals surface area (Å²) < 4.78 is 6.46. The quantitative estimate of drug-likeness (QED) is 0.437. The molecule has 0 radical (unpaired) electrons. The molecule has 0 saturated carbocycles. The lowest BCUT2D eigenvalue weighted by Crippen LogP contribution is -2.49. The van der Waals surface area contributed by atoms with Gasteiger partial charge in [0.2, 0.25) is 5.91 Å². The molecule has 10 nitrogen and oxygen atoms in total. The molecule has 2 aromatic rings. The Balaban J connectivity index is 1.43. The van der Waals surface area contributed by atoms with E-state index in [0.717, 1.165) is 50.3 Å². The van der Waals surface area contributed by atoms with E-state index in [9.17, 15) is 9.59 Å². The van der Waals surface area contributed by atoms with E-state index < -0.39 is 0 Å². The first-order valence-electron chi connectivity index (χ1n) is 11.5. The number of nitrogens with zero attached hydrogens (tertiary/aromatic N) is 6. The Bertz CT molecular complexity index is 1040. The molecule has 3 rings (SSSR count). The van der Waals surface area contributed by atoms with Crippen LogP contribution in [0.5, 0.6) is 0 Å². The predicted molar refractivity (Wildman–Crippen MR) is 129 cm³/mol. The average molecular weight is 468 g/mol. The number of hydrogen-bond acceptors (Lipinski definition) is 8. The van der Waals surface area contributed by atoms with Crippen molar-refractivity contribution in [3.8, 4) is 0 Å². The van der Waals surface area contributed by atoms with Gasteiger partial charge in [-0.05, 0) is 60.9 Å². The summed E-state index contributed by atoms with van der Waals surface area (Å²) in [6.07, 6.45) is 6.18. The van der Waals surface area contributed by atoms with E-state index in [2.05, 4.69) is 26.5 Å². The van der Waals surface area contributed by atoms with Crippen LogP contribution in [0.3, 0.4) is 0 Å². The molecule has 34 heavy (non-hydrogen) atoms. The zero-order valence-corrected chi connectivity index (χ0v) is 20.1. The van der Waals surface area contributed by atoms with Gasteiger partial charge in [0, 0.05) is 39.1 Å². The molecule has 1 aromatic heterocycles. The molecular weight excluding hydrogens is 434 g/mol. The van der Waals surface area contributed by atoms with Crippen molar-refractivity contribution in [3.05, 3.63) is 58.9 Å².